The highest BCUT2D eigenvalue weighted by molar-refractivity contribution is 5.73. The predicted octanol–water partition coefficient (Wildman–Crippen LogP) is -0.310. The molecule has 1 fully saturated rings. The fourth-order valence-corrected chi connectivity index (χ4v) is 2.47. The highest BCUT2D eigenvalue weighted by Crippen LogP contribution is 2.26. The van der Waals surface area contributed by atoms with Crippen molar-refractivity contribution in [2.75, 3.05) is 6.61 Å². The summed E-state index contributed by atoms with van der Waals surface area (Å²) in [6.07, 6.45) is -1.79. The second kappa shape index (κ2) is 8.64. The zero-order valence-corrected chi connectivity index (χ0v) is 13.5. The van der Waals surface area contributed by atoms with E-state index in [0.717, 1.165) is 0 Å². The Morgan fingerprint density at radius 2 is 1.87 bits per heavy atom. The molecule has 1 amide bonds. The summed E-state index contributed by atoms with van der Waals surface area (Å²) >= 11 is 0. The molecule has 2 N–H and O–H groups in total. The Morgan fingerprint density at radius 1 is 1.22 bits per heavy atom. The van der Waals surface area contributed by atoms with Crippen molar-refractivity contribution in [1.82, 2.24) is 5.32 Å². The van der Waals surface area contributed by atoms with Gasteiger partial charge in [-0.2, -0.15) is 0 Å². The number of nitrogens with one attached hydrogen (secondary N) is 1. The molecular formula is C15H23NO7. The van der Waals surface area contributed by atoms with E-state index in [4.69, 9.17) is 14.2 Å². The number of carbonyl (C=O) groups excluding carboxylic acids is 3. The third-order valence-corrected chi connectivity index (χ3v) is 3.34. The first-order chi connectivity index (χ1) is 10.8. The van der Waals surface area contributed by atoms with Crippen LogP contribution in [0.25, 0.3) is 0 Å². The normalized spacial score (nSPS) is 30.2. The van der Waals surface area contributed by atoms with Gasteiger partial charge in [-0.3, -0.25) is 14.4 Å². The second-order valence-corrected chi connectivity index (χ2v) is 5.33. The lowest BCUT2D eigenvalue weighted by molar-refractivity contribution is -0.212. The van der Waals surface area contributed by atoms with Gasteiger partial charge in [0.25, 0.3) is 0 Å². The van der Waals surface area contributed by atoms with Crippen LogP contribution >= 0.6 is 0 Å². The lowest BCUT2D eigenvalue weighted by Gasteiger charge is -2.44. The van der Waals surface area contributed by atoms with E-state index in [0.29, 0.717) is 6.42 Å². The standard InChI is InChI=1S/C15H23NO7/c1-5-6-11-13(16-8(2)17)15(22-10(4)19)14(20)12(23-11)7-21-9(3)18/h5,11-15,20H,1,6-7H2,2-4H3,(H,16,17)/t11-,12-,13+,14-,15-/m1/s1. The Morgan fingerprint density at radius 3 is 2.35 bits per heavy atom. The summed E-state index contributed by atoms with van der Waals surface area (Å²) in [5.74, 6) is -1.47. The Hall–Kier alpha value is -1.93. The van der Waals surface area contributed by atoms with Crippen LogP contribution in [0.15, 0.2) is 12.7 Å². The lowest BCUT2D eigenvalue weighted by atomic mass is 9.90. The van der Waals surface area contributed by atoms with Crippen molar-refractivity contribution >= 4 is 17.8 Å². The van der Waals surface area contributed by atoms with Gasteiger partial charge in [0.15, 0.2) is 6.10 Å². The highest BCUT2D eigenvalue weighted by Gasteiger charge is 2.47. The van der Waals surface area contributed by atoms with Crippen LogP contribution in [-0.4, -0.2) is 60.0 Å². The number of aliphatic hydroxyl groups excluding tert-OH is 1. The smallest absolute Gasteiger partial charge is 0.303 e. The van der Waals surface area contributed by atoms with Crippen LogP contribution in [0.2, 0.25) is 0 Å². The topological polar surface area (TPSA) is 111 Å². The molecule has 1 aliphatic heterocycles. The van der Waals surface area contributed by atoms with Crippen molar-refractivity contribution in [2.24, 2.45) is 0 Å². The molecule has 0 radical (unpaired) electrons. The molecule has 1 heterocycles. The number of amides is 1. The maximum atomic E-state index is 11.4. The molecule has 0 aliphatic carbocycles. The van der Waals surface area contributed by atoms with E-state index >= 15 is 0 Å². The van der Waals surface area contributed by atoms with Crippen LogP contribution in [-0.2, 0) is 28.6 Å². The van der Waals surface area contributed by atoms with Crippen molar-refractivity contribution in [3.05, 3.63) is 12.7 Å². The zero-order valence-electron chi connectivity index (χ0n) is 13.5. The Labute approximate surface area is 134 Å². The number of ether oxygens (including phenoxy) is 3. The summed E-state index contributed by atoms with van der Waals surface area (Å²) < 4.78 is 15.8. The van der Waals surface area contributed by atoms with Gasteiger partial charge in [-0.25, -0.2) is 0 Å². The van der Waals surface area contributed by atoms with Crippen LogP contribution in [0.1, 0.15) is 27.2 Å². The molecule has 8 nitrogen and oxygen atoms in total. The van der Waals surface area contributed by atoms with Crippen LogP contribution in [0, 0.1) is 0 Å². The molecule has 23 heavy (non-hydrogen) atoms. The van der Waals surface area contributed by atoms with Crippen molar-refractivity contribution in [3.8, 4) is 0 Å². The van der Waals surface area contributed by atoms with E-state index in [1.165, 1.54) is 20.8 Å². The average Bonchev–Trinajstić information content (AvgIpc) is 2.43. The molecule has 1 rings (SSSR count). The molecule has 0 bridgehead atoms. The van der Waals surface area contributed by atoms with Crippen LogP contribution in [0.4, 0.5) is 0 Å². The van der Waals surface area contributed by atoms with E-state index in [2.05, 4.69) is 11.9 Å². The summed E-state index contributed by atoms with van der Waals surface area (Å²) in [6, 6.07) is -0.738. The third-order valence-electron chi connectivity index (χ3n) is 3.34. The molecular weight excluding hydrogens is 306 g/mol. The van der Waals surface area contributed by atoms with Gasteiger partial charge in [-0.1, -0.05) is 6.08 Å². The van der Waals surface area contributed by atoms with Gasteiger partial charge >= 0.3 is 11.9 Å². The highest BCUT2D eigenvalue weighted by atomic mass is 16.6. The van der Waals surface area contributed by atoms with Crippen molar-refractivity contribution < 1.29 is 33.7 Å². The monoisotopic (exact) mass is 329 g/mol. The summed E-state index contributed by atoms with van der Waals surface area (Å²) in [6.45, 7) is 7.19. The van der Waals surface area contributed by atoms with Gasteiger partial charge in [0, 0.05) is 20.8 Å². The van der Waals surface area contributed by atoms with Gasteiger partial charge in [0.1, 0.15) is 18.8 Å². The number of esters is 2. The van der Waals surface area contributed by atoms with Gasteiger partial charge in [0.2, 0.25) is 5.91 Å². The molecule has 1 aliphatic rings. The fourth-order valence-electron chi connectivity index (χ4n) is 2.47. The summed E-state index contributed by atoms with van der Waals surface area (Å²) in [5, 5.41) is 13.0. The maximum absolute atomic E-state index is 11.4. The number of aliphatic hydroxyl groups is 1. The molecule has 130 valence electrons. The Bertz CT molecular complexity index is 465. The predicted molar refractivity (Wildman–Crippen MR) is 79.3 cm³/mol. The molecule has 0 aromatic rings. The average molecular weight is 329 g/mol. The molecule has 0 saturated carbocycles. The minimum Gasteiger partial charge on any atom is -0.463 e. The number of rotatable bonds is 6. The first-order valence-corrected chi connectivity index (χ1v) is 7.28. The molecule has 0 aromatic heterocycles. The van der Waals surface area contributed by atoms with E-state index in [1.54, 1.807) is 6.08 Å². The van der Waals surface area contributed by atoms with Crippen molar-refractivity contribution in [2.45, 2.75) is 57.6 Å². The van der Waals surface area contributed by atoms with E-state index in [-0.39, 0.29) is 12.5 Å². The maximum Gasteiger partial charge on any atom is 0.303 e. The molecule has 1 saturated heterocycles. The first-order valence-electron chi connectivity index (χ1n) is 7.28. The summed E-state index contributed by atoms with van der Waals surface area (Å²) in [5.41, 5.74) is 0. The number of hydrogen-bond acceptors (Lipinski definition) is 7. The summed E-state index contributed by atoms with van der Waals surface area (Å²) in [4.78, 5) is 33.7. The number of hydrogen-bond donors (Lipinski definition) is 2. The van der Waals surface area contributed by atoms with E-state index in [9.17, 15) is 19.5 Å². The van der Waals surface area contributed by atoms with Gasteiger partial charge in [-0.05, 0) is 6.42 Å². The zero-order chi connectivity index (χ0) is 17.6. The van der Waals surface area contributed by atoms with Gasteiger partial charge < -0.3 is 24.6 Å². The lowest BCUT2D eigenvalue weighted by Crippen LogP contribution is -2.65. The quantitative estimate of drug-likeness (QED) is 0.508. The van der Waals surface area contributed by atoms with E-state index < -0.39 is 42.4 Å². The summed E-state index contributed by atoms with van der Waals surface area (Å²) in [7, 11) is 0. The minimum atomic E-state index is -1.25. The second-order valence-electron chi connectivity index (χ2n) is 5.33. The SMILES string of the molecule is C=CC[C@H]1O[C@H](COC(C)=O)[C@@H](O)[C@H](OC(C)=O)[C@H]1NC(C)=O. The van der Waals surface area contributed by atoms with E-state index in [1.807, 2.05) is 0 Å². The molecule has 8 heteroatoms. The third kappa shape index (κ3) is 5.65. The number of carbonyl (C=O) groups is 3. The fraction of sp³-hybridized carbons (Fsp3) is 0.667. The van der Waals surface area contributed by atoms with Gasteiger partial charge in [0.05, 0.1) is 12.1 Å². The molecule has 5 atom stereocenters. The van der Waals surface area contributed by atoms with Crippen LogP contribution in [0.5, 0.6) is 0 Å². The Kier molecular flexibility index (Phi) is 7.18. The largest absolute Gasteiger partial charge is 0.463 e. The molecule has 0 spiro atoms. The van der Waals surface area contributed by atoms with Crippen LogP contribution < -0.4 is 5.32 Å². The minimum absolute atomic E-state index is 0.186. The van der Waals surface area contributed by atoms with Crippen molar-refractivity contribution in [1.29, 1.82) is 0 Å². The molecule has 0 unspecified atom stereocenters. The van der Waals surface area contributed by atoms with Gasteiger partial charge in [-0.15, -0.1) is 6.58 Å². The molecule has 0 aromatic carbocycles. The first kappa shape index (κ1) is 19.1. The van der Waals surface area contributed by atoms with Crippen LogP contribution in [0.3, 0.4) is 0 Å². The van der Waals surface area contributed by atoms with Crippen molar-refractivity contribution in [3.63, 3.8) is 0 Å². The Balaban J connectivity index is 3.01.